The number of aryl methyl sites for hydroxylation is 2. The molecule has 1 amide bonds. The van der Waals surface area contributed by atoms with E-state index in [-0.39, 0.29) is 17.5 Å². The Labute approximate surface area is 130 Å². The number of halogens is 2. The summed E-state index contributed by atoms with van der Waals surface area (Å²) >= 11 is 3.16. The molecule has 3 nitrogen and oxygen atoms in total. The van der Waals surface area contributed by atoms with Crippen molar-refractivity contribution >= 4 is 21.8 Å². The number of phenols is 1. The van der Waals surface area contributed by atoms with Crippen molar-refractivity contribution in [1.82, 2.24) is 5.32 Å². The van der Waals surface area contributed by atoms with Crippen molar-refractivity contribution in [2.75, 3.05) is 0 Å². The second-order valence-corrected chi connectivity index (χ2v) is 5.75. The van der Waals surface area contributed by atoms with Gasteiger partial charge in [0.25, 0.3) is 5.91 Å². The van der Waals surface area contributed by atoms with Crippen LogP contribution in [0.2, 0.25) is 0 Å². The van der Waals surface area contributed by atoms with Crippen LogP contribution in [0.1, 0.15) is 27.0 Å². The number of rotatable bonds is 3. The highest BCUT2D eigenvalue weighted by molar-refractivity contribution is 9.10. The van der Waals surface area contributed by atoms with Gasteiger partial charge >= 0.3 is 0 Å². The molecule has 0 aromatic heterocycles. The van der Waals surface area contributed by atoms with Crippen LogP contribution < -0.4 is 5.32 Å². The minimum absolute atomic E-state index is 0.0103. The van der Waals surface area contributed by atoms with E-state index in [0.717, 1.165) is 5.56 Å². The minimum Gasteiger partial charge on any atom is -0.507 e. The molecule has 0 radical (unpaired) electrons. The average molecular weight is 352 g/mol. The maximum absolute atomic E-state index is 13.5. The Hall–Kier alpha value is -1.88. The van der Waals surface area contributed by atoms with E-state index in [1.165, 1.54) is 6.07 Å². The number of carbonyl (C=O) groups is 1. The first-order valence-electron chi connectivity index (χ1n) is 6.41. The van der Waals surface area contributed by atoms with Gasteiger partial charge in [-0.3, -0.25) is 4.79 Å². The predicted octanol–water partition coefficient (Wildman–Crippen LogP) is 3.84. The van der Waals surface area contributed by atoms with E-state index in [2.05, 4.69) is 21.2 Å². The number of hydrogen-bond acceptors (Lipinski definition) is 2. The highest BCUT2D eigenvalue weighted by atomic mass is 79.9. The predicted molar refractivity (Wildman–Crippen MR) is 82.9 cm³/mol. The summed E-state index contributed by atoms with van der Waals surface area (Å²) in [4.78, 5) is 12.0. The molecule has 0 spiro atoms. The van der Waals surface area contributed by atoms with Crippen LogP contribution in [-0.2, 0) is 6.54 Å². The van der Waals surface area contributed by atoms with Gasteiger partial charge in [-0.15, -0.1) is 0 Å². The zero-order valence-electron chi connectivity index (χ0n) is 11.7. The van der Waals surface area contributed by atoms with Crippen LogP contribution >= 0.6 is 15.9 Å². The molecule has 2 rings (SSSR count). The molecule has 0 atom stereocenters. The number of hydrogen-bond donors (Lipinski definition) is 2. The third-order valence-corrected chi connectivity index (χ3v) is 3.83. The highest BCUT2D eigenvalue weighted by Crippen LogP contribution is 2.24. The average Bonchev–Trinajstić information content (AvgIpc) is 2.44. The summed E-state index contributed by atoms with van der Waals surface area (Å²) in [5.74, 6) is -0.503. The summed E-state index contributed by atoms with van der Waals surface area (Å²) in [7, 11) is 0. The maximum Gasteiger partial charge on any atom is 0.251 e. The lowest BCUT2D eigenvalue weighted by Gasteiger charge is -2.09. The van der Waals surface area contributed by atoms with Crippen LogP contribution in [0.5, 0.6) is 5.75 Å². The summed E-state index contributed by atoms with van der Waals surface area (Å²) in [5.41, 5.74) is 2.31. The fraction of sp³-hybridized carbons (Fsp3) is 0.188. The van der Waals surface area contributed by atoms with Crippen molar-refractivity contribution in [3.63, 3.8) is 0 Å². The van der Waals surface area contributed by atoms with Crippen LogP contribution in [0, 0.1) is 19.7 Å². The molecule has 0 saturated carbocycles. The minimum atomic E-state index is -0.294. The normalized spacial score (nSPS) is 10.5. The van der Waals surface area contributed by atoms with Crippen LogP contribution in [0.4, 0.5) is 4.39 Å². The first kappa shape index (κ1) is 15.5. The molecule has 0 bridgehead atoms. The van der Waals surface area contributed by atoms with E-state index in [1.54, 1.807) is 38.1 Å². The highest BCUT2D eigenvalue weighted by Gasteiger charge is 2.09. The summed E-state index contributed by atoms with van der Waals surface area (Å²) in [6, 6.07) is 8.03. The van der Waals surface area contributed by atoms with Gasteiger partial charge in [0.05, 0.1) is 4.47 Å². The molecule has 2 aromatic rings. The van der Waals surface area contributed by atoms with Crippen LogP contribution in [0.25, 0.3) is 0 Å². The molecule has 0 aliphatic rings. The van der Waals surface area contributed by atoms with Gasteiger partial charge in [-0.05, 0) is 64.7 Å². The van der Waals surface area contributed by atoms with Gasteiger partial charge in [0.2, 0.25) is 0 Å². The van der Waals surface area contributed by atoms with Crippen molar-refractivity contribution in [2.24, 2.45) is 0 Å². The summed E-state index contributed by atoms with van der Waals surface area (Å²) in [5, 5.41) is 12.3. The van der Waals surface area contributed by atoms with Crippen LogP contribution in [0.3, 0.4) is 0 Å². The van der Waals surface area contributed by atoms with Gasteiger partial charge in [-0.25, -0.2) is 4.39 Å². The quantitative estimate of drug-likeness (QED) is 0.882. The zero-order valence-corrected chi connectivity index (χ0v) is 13.3. The molecule has 2 aromatic carbocycles. The van der Waals surface area contributed by atoms with E-state index in [1.807, 2.05) is 0 Å². The number of carbonyl (C=O) groups excluding carboxylic acids is 1. The fourth-order valence-electron chi connectivity index (χ4n) is 2.08. The van der Waals surface area contributed by atoms with E-state index in [0.29, 0.717) is 27.7 Å². The molecule has 21 heavy (non-hydrogen) atoms. The topological polar surface area (TPSA) is 49.3 Å². The number of benzene rings is 2. The second kappa shape index (κ2) is 6.26. The Kier molecular flexibility index (Phi) is 4.63. The van der Waals surface area contributed by atoms with Crippen LogP contribution in [-0.4, -0.2) is 11.0 Å². The molecule has 2 N–H and O–H groups in total. The van der Waals surface area contributed by atoms with E-state index in [4.69, 9.17) is 0 Å². The van der Waals surface area contributed by atoms with Crippen molar-refractivity contribution in [2.45, 2.75) is 20.4 Å². The number of amides is 1. The van der Waals surface area contributed by atoms with Crippen molar-refractivity contribution < 1.29 is 14.3 Å². The molecule has 0 aliphatic heterocycles. The summed E-state index contributed by atoms with van der Waals surface area (Å²) in [6.07, 6.45) is 0. The largest absolute Gasteiger partial charge is 0.507 e. The lowest BCUT2D eigenvalue weighted by atomic mass is 10.1. The number of aromatic hydroxyl groups is 1. The molecular formula is C16H15BrFNO2. The van der Waals surface area contributed by atoms with Gasteiger partial charge in [0, 0.05) is 12.1 Å². The Balaban J connectivity index is 2.09. The lowest BCUT2D eigenvalue weighted by molar-refractivity contribution is 0.0950. The third-order valence-electron chi connectivity index (χ3n) is 3.16. The first-order valence-corrected chi connectivity index (χ1v) is 7.20. The van der Waals surface area contributed by atoms with Gasteiger partial charge in [0.15, 0.2) is 0 Å². The first-order chi connectivity index (χ1) is 9.88. The molecule has 0 saturated heterocycles. The SMILES string of the molecule is Cc1cc(CNC(=O)c2ccc(Br)c(O)c2)cc(C)c1F. The molecular weight excluding hydrogens is 337 g/mol. The molecule has 110 valence electrons. The molecule has 0 fully saturated rings. The Bertz CT molecular complexity index is 678. The fourth-order valence-corrected chi connectivity index (χ4v) is 2.32. The van der Waals surface area contributed by atoms with E-state index >= 15 is 0 Å². The van der Waals surface area contributed by atoms with E-state index in [9.17, 15) is 14.3 Å². The van der Waals surface area contributed by atoms with Gasteiger partial charge in [-0.2, -0.15) is 0 Å². The Morgan fingerprint density at radius 3 is 2.43 bits per heavy atom. The maximum atomic E-state index is 13.5. The Morgan fingerprint density at radius 1 is 1.24 bits per heavy atom. The standard InChI is InChI=1S/C16H15BrFNO2/c1-9-5-11(6-10(2)15(9)18)8-19-16(21)12-3-4-13(17)14(20)7-12/h3-7,20H,8H2,1-2H3,(H,19,21). The third kappa shape index (κ3) is 3.61. The number of phenolic OH excluding ortho intramolecular Hbond substituents is 1. The zero-order chi connectivity index (χ0) is 15.6. The lowest BCUT2D eigenvalue weighted by Crippen LogP contribution is -2.22. The molecule has 0 heterocycles. The Morgan fingerprint density at radius 2 is 1.86 bits per heavy atom. The van der Waals surface area contributed by atoms with Crippen molar-refractivity contribution in [1.29, 1.82) is 0 Å². The van der Waals surface area contributed by atoms with Gasteiger partial charge < -0.3 is 10.4 Å². The van der Waals surface area contributed by atoms with Crippen molar-refractivity contribution in [3.8, 4) is 5.75 Å². The molecule has 0 unspecified atom stereocenters. The van der Waals surface area contributed by atoms with Gasteiger partial charge in [-0.1, -0.05) is 12.1 Å². The van der Waals surface area contributed by atoms with Crippen LogP contribution in [0.15, 0.2) is 34.8 Å². The monoisotopic (exact) mass is 351 g/mol. The summed E-state index contributed by atoms with van der Waals surface area (Å²) in [6.45, 7) is 3.69. The van der Waals surface area contributed by atoms with Crippen molar-refractivity contribution in [3.05, 3.63) is 62.9 Å². The van der Waals surface area contributed by atoms with E-state index < -0.39 is 0 Å². The molecule has 5 heteroatoms. The smallest absolute Gasteiger partial charge is 0.251 e. The second-order valence-electron chi connectivity index (χ2n) is 4.89. The molecule has 0 aliphatic carbocycles. The summed E-state index contributed by atoms with van der Waals surface area (Å²) < 4.78 is 14.1. The number of nitrogens with one attached hydrogen (secondary N) is 1. The van der Waals surface area contributed by atoms with Gasteiger partial charge in [0.1, 0.15) is 11.6 Å².